The Labute approximate surface area is 106 Å². The molecule has 0 saturated heterocycles. The fourth-order valence-electron chi connectivity index (χ4n) is 1.50. The van der Waals surface area contributed by atoms with Gasteiger partial charge in [-0.05, 0) is 50.3 Å². The monoisotopic (exact) mass is 327 g/mol. The molecule has 0 atom stereocenters. The lowest BCUT2D eigenvalue weighted by atomic mass is 10.00. The van der Waals surface area contributed by atoms with E-state index in [4.69, 9.17) is 4.74 Å². The van der Waals surface area contributed by atoms with Gasteiger partial charge in [0.2, 0.25) is 0 Å². The summed E-state index contributed by atoms with van der Waals surface area (Å²) in [6, 6.07) is 0.361. The van der Waals surface area contributed by atoms with Crippen LogP contribution in [0.15, 0.2) is 0 Å². The van der Waals surface area contributed by atoms with E-state index in [0.29, 0.717) is 12.5 Å². The lowest BCUT2D eigenvalue weighted by molar-refractivity contribution is -0.149. The third kappa shape index (κ3) is 9.11. The summed E-state index contributed by atoms with van der Waals surface area (Å²) in [7, 11) is 0. The summed E-state index contributed by atoms with van der Waals surface area (Å²) < 4.78 is 4.84. The number of nitrogens with one attached hydrogen (secondary N) is 1. The van der Waals surface area contributed by atoms with Gasteiger partial charge in [0.15, 0.2) is 3.61 Å². The first kappa shape index (κ1) is 15.2. The standard InChI is InChI=1S/C11H22INO2/c1-8(2)13-10(3,4)7-9(14)15-11(5,6)12/h8,13H,7H2,1-6H3. The van der Waals surface area contributed by atoms with Crippen molar-refractivity contribution in [3.8, 4) is 0 Å². The minimum absolute atomic E-state index is 0.160. The molecule has 0 aromatic heterocycles. The van der Waals surface area contributed by atoms with Gasteiger partial charge in [0.1, 0.15) is 0 Å². The molecule has 0 fully saturated rings. The Morgan fingerprint density at radius 2 is 1.80 bits per heavy atom. The van der Waals surface area contributed by atoms with Crippen LogP contribution in [0.4, 0.5) is 0 Å². The summed E-state index contributed by atoms with van der Waals surface area (Å²) in [5, 5.41) is 3.33. The molecule has 0 aromatic rings. The molecule has 0 aliphatic carbocycles. The van der Waals surface area contributed by atoms with Crippen molar-refractivity contribution in [1.29, 1.82) is 0 Å². The van der Waals surface area contributed by atoms with Crippen molar-refractivity contribution in [2.75, 3.05) is 0 Å². The zero-order valence-corrected chi connectivity index (χ0v) is 12.6. The molecular formula is C11H22INO2. The van der Waals surface area contributed by atoms with Gasteiger partial charge in [-0.2, -0.15) is 0 Å². The van der Waals surface area contributed by atoms with Gasteiger partial charge in [0.05, 0.1) is 6.42 Å². The second-order valence-corrected chi connectivity index (χ2v) is 7.80. The van der Waals surface area contributed by atoms with Crippen LogP contribution < -0.4 is 5.32 Å². The Hall–Kier alpha value is 0.160. The maximum atomic E-state index is 11.6. The minimum atomic E-state index is -0.428. The first-order chi connectivity index (χ1) is 6.52. The number of alkyl halides is 1. The number of carbonyl (C=O) groups excluding carboxylic acids is 1. The van der Waals surface area contributed by atoms with E-state index in [1.54, 1.807) is 0 Å². The van der Waals surface area contributed by atoms with Crippen molar-refractivity contribution in [3.63, 3.8) is 0 Å². The SMILES string of the molecule is CC(C)NC(C)(C)CC(=O)OC(C)(C)I. The van der Waals surface area contributed by atoms with E-state index in [2.05, 4.69) is 41.8 Å². The third-order valence-electron chi connectivity index (χ3n) is 1.62. The van der Waals surface area contributed by atoms with Crippen LogP contribution in [0.3, 0.4) is 0 Å². The Kier molecular flexibility index (Phi) is 5.54. The summed E-state index contributed by atoms with van der Waals surface area (Å²) in [4.78, 5) is 11.6. The molecule has 3 nitrogen and oxygen atoms in total. The zero-order chi connectivity index (χ0) is 12.3. The van der Waals surface area contributed by atoms with Crippen LogP contribution in [-0.2, 0) is 9.53 Å². The van der Waals surface area contributed by atoms with Crippen molar-refractivity contribution in [2.45, 2.75) is 63.2 Å². The zero-order valence-electron chi connectivity index (χ0n) is 10.5. The molecule has 0 aliphatic rings. The number of ether oxygens (including phenoxy) is 1. The lowest BCUT2D eigenvalue weighted by Crippen LogP contribution is -2.45. The molecule has 0 bridgehead atoms. The summed E-state index contributed by atoms with van der Waals surface area (Å²) in [6.45, 7) is 11.9. The van der Waals surface area contributed by atoms with Crippen LogP contribution in [-0.4, -0.2) is 21.2 Å². The Balaban J connectivity index is 4.16. The molecule has 15 heavy (non-hydrogen) atoms. The average Bonchev–Trinajstić information content (AvgIpc) is 1.73. The number of halogens is 1. The third-order valence-corrected chi connectivity index (χ3v) is 1.84. The summed E-state index contributed by atoms with van der Waals surface area (Å²) in [5.74, 6) is -0.160. The van der Waals surface area contributed by atoms with Gasteiger partial charge in [-0.1, -0.05) is 13.8 Å². The van der Waals surface area contributed by atoms with E-state index in [1.807, 2.05) is 27.7 Å². The van der Waals surface area contributed by atoms with E-state index in [-0.39, 0.29) is 11.5 Å². The van der Waals surface area contributed by atoms with Gasteiger partial charge in [0.25, 0.3) is 0 Å². The van der Waals surface area contributed by atoms with E-state index < -0.39 is 3.61 Å². The Morgan fingerprint density at radius 1 is 1.33 bits per heavy atom. The molecule has 0 rings (SSSR count). The number of esters is 1. The van der Waals surface area contributed by atoms with E-state index in [9.17, 15) is 4.79 Å². The molecule has 1 N–H and O–H groups in total. The number of rotatable bonds is 5. The molecule has 4 heteroatoms. The molecule has 0 aromatic carbocycles. The Morgan fingerprint density at radius 3 is 2.13 bits per heavy atom. The van der Waals surface area contributed by atoms with Crippen molar-refractivity contribution in [2.24, 2.45) is 0 Å². The minimum Gasteiger partial charge on any atom is -0.449 e. The van der Waals surface area contributed by atoms with E-state index >= 15 is 0 Å². The molecule has 90 valence electrons. The van der Waals surface area contributed by atoms with Crippen LogP contribution in [0.5, 0.6) is 0 Å². The number of carbonyl (C=O) groups is 1. The first-order valence-corrected chi connectivity index (χ1v) is 6.28. The highest BCUT2D eigenvalue weighted by molar-refractivity contribution is 14.1. The molecule has 0 heterocycles. The van der Waals surface area contributed by atoms with Crippen molar-refractivity contribution >= 4 is 28.6 Å². The maximum Gasteiger partial charge on any atom is 0.308 e. The quantitative estimate of drug-likeness (QED) is 0.479. The van der Waals surface area contributed by atoms with Gasteiger partial charge >= 0.3 is 5.97 Å². The van der Waals surface area contributed by atoms with Crippen molar-refractivity contribution < 1.29 is 9.53 Å². The van der Waals surface area contributed by atoms with E-state index in [0.717, 1.165) is 0 Å². The summed E-state index contributed by atoms with van der Waals surface area (Å²) in [5.41, 5.74) is -0.215. The topological polar surface area (TPSA) is 38.3 Å². The van der Waals surface area contributed by atoms with Crippen LogP contribution >= 0.6 is 22.6 Å². The molecule has 0 saturated carbocycles. The van der Waals surface area contributed by atoms with Crippen LogP contribution in [0.25, 0.3) is 0 Å². The molecule has 0 amide bonds. The Bertz CT molecular complexity index is 219. The summed E-state index contributed by atoms with van der Waals surface area (Å²) in [6.07, 6.45) is 0.387. The lowest BCUT2D eigenvalue weighted by Gasteiger charge is -2.29. The fraction of sp³-hybridized carbons (Fsp3) is 0.909. The molecule has 0 unspecified atom stereocenters. The second-order valence-electron chi connectivity index (χ2n) is 5.20. The van der Waals surface area contributed by atoms with Crippen molar-refractivity contribution in [3.05, 3.63) is 0 Å². The van der Waals surface area contributed by atoms with E-state index in [1.165, 1.54) is 0 Å². The predicted octanol–water partition coefficient (Wildman–Crippen LogP) is 2.87. The number of hydrogen-bond acceptors (Lipinski definition) is 3. The highest BCUT2D eigenvalue weighted by Gasteiger charge is 2.26. The predicted molar refractivity (Wildman–Crippen MR) is 71.2 cm³/mol. The van der Waals surface area contributed by atoms with Crippen LogP contribution in [0.2, 0.25) is 0 Å². The largest absolute Gasteiger partial charge is 0.449 e. The summed E-state index contributed by atoms with van der Waals surface area (Å²) >= 11 is 2.11. The van der Waals surface area contributed by atoms with Crippen molar-refractivity contribution in [1.82, 2.24) is 5.32 Å². The van der Waals surface area contributed by atoms with Gasteiger partial charge in [-0.3, -0.25) is 4.79 Å². The maximum absolute atomic E-state index is 11.6. The van der Waals surface area contributed by atoms with Crippen LogP contribution in [0, 0.1) is 0 Å². The number of hydrogen-bond donors (Lipinski definition) is 1. The fourth-order valence-corrected chi connectivity index (χ4v) is 1.75. The van der Waals surface area contributed by atoms with Gasteiger partial charge in [-0.25, -0.2) is 0 Å². The second kappa shape index (κ2) is 5.48. The van der Waals surface area contributed by atoms with Gasteiger partial charge < -0.3 is 10.1 Å². The van der Waals surface area contributed by atoms with Gasteiger partial charge in [0, 0.05) is 11.6 Å². The highest BCUT2D eigenvalue weighted by Crippen LogP contribution is 2.21. The molecule has 0 spiro atoms. The first-order valence-electron chi connectivity index (χ1n) is 5.20. The smallest absolute Gasteiger partial charge is 0.308 e. The average molecular weight is 327 g/mol. The normalized spacial score (nSPS) is 13.1. The van der Waals surface area contributed by atoms with Gasteiger partial charge in [-0.15, -0.1) is 0 Å². The molecule has 0 radical (unpaired) electrons. The molecule has 0 aliphatic heterocycles. The molecular weight excluding hydrogens is 305 g/mol. The highest BCUT2D eigenvalue weighted by atomic mass is 127. The van der Waals surface area contributed by atoms with Crippen LogP contribution in [0.1, 0.15) is 48.0 Å².